The van der Waals surface area contributed by atoms with Gasteiger partial charge in [-0.25, -0.2) is 0 Å². The quantitative estimate of drug-likeness (QED) is 0.867. The summed E-state index contributed by atoms with van der Waals surface area (Å²) in [4.78, 5) is 1.42. The molecule has 8 heteroatoms. The van der Waals surface area contributed by atoms with E-state index in [0.717, 1.165) is 0 Å². The smallest absolute Gasteiger partial charge is 0.408 e. The molecular formula is C14H18BrF3N2O2. The number of nitrogens with one attached hydrogen (secondary N) is 1. The third-order valence-electron chi connectivity index (χ3n) is 3.63. The molecule has 0 aliphatic carbocycles. The summed E-state index contributed by atoms with van der Waals surface area (Å²) in [5, 5.41) is 3.06. The van der Waals surface area contributed by atoms with E-state index >= 15 is 0 Å². The molecule has 22 heavy (non-hydrogen) atoms. The van der Waals surface area contributed by atoms with E-state index in [-0.39, 0.29) is 11.3 Å². The Bertz CT molecular complexity index is 520. The molecule has 1 fully saturated rings. The van der Waals surface area contributed by atoms with Crippen LogP contribution in [0.2, 0.25) is 0 Å². The van der Waals surface area contributed by atoms with Crippen LogP contribution in [-0.2, 0) is 0 Å². The van der Waals surface area contributed by atoms with Crippen molar-refractivity contribution in [2.24, 2.45) is 0 Å². The van der Waals surface area contributed by atoms with Gasteiger partial charge in [0.2, 0.25) is 0 Å². The molecule has 0 amide bonds. The van der Waals surface area contributed by atoms with Crippen LogP contribution in [0.3, 0.4) is 0 Å². The average Bonchev–Trinajstić information content (AvgIpc) is 2.48. The average molecular weight is 383 g/mol. The number of hydrogen-bond acceptors (Lipinski definition) is 4. The van der Waals surface area contributed by atoms with Crippen molar-refractivity contribution >= 4 is 15.9 Å². The van der Waals surface area contributed by atoms with Gasteiger partial charge in [0.05, 0.1) is 18.7 Å². The lowest BCUT2D eigenvalue weighted by atomic mass is 10.0. The van der Waals surface area contributed by atoms with E-state index in [0.29, 0.717) is 36.4 Å². The van der Waals surface area contributed by atoms with Crippen LogP contribution in [0, 0.1) is 0 Å². The summed E-state index contributed by atoms with van der Waals surface area (Å²) >= 11 is 3.27. The van der Waals surface area contributed by atoms with E-state index < -0.39 is 12.2 Å². The molecule has 1 aliphatic heterocycles. The largest absolute Gasteiger partial charge is 0.496 e. The monoisotopic (exact) mass is 382 g/mol. The Labute approximate surface area is 135 Å². The highest BCUT2D eigenvalue weighted by Gasteiger charge is 2.46. The Hall–Kier alpha value is -0.990. The molecule has 0 unspecified atom stereocenters. The first kappa shape index (κ1) is 17.4. The summed E-state index contributed by atoms with van der Waals surface area (Å²) in [6, 6.07) is 1.18. The van der Waals surface area contributed by atoms with Crippen LogP contribution in [0.4, 0.5) is 13.2 Å². The number of halogens is 4. The number of nitrogens with zero attached hydrogens (tertiary/aromatic N) is 1. The molecule has 0 radical (unpaired) electrons. The van der Waals surface area contributed by atoms with Crippen LogP contribution >= 0.6 is 15.9 Å². The van der Waals surface area contributed by atoms with Gasteiger partial charge in [-0.3, -0.25) is 4.90 Å². The van der Waals surface area contributed by atoms with E-state index in [1.54, 1.807) is 0 Å². The van der Waals surface area contributed by atoms with Gasteiger partial charge in [0, 0.05) is 31.7 Å². The lowest BCUT2D eigenvalue weighted by molar-refractivity contribution is -0.188. The highest BCUT2D eigenvalue weighted by Crippen LogP contribution is 2.44. The van der Waals surface area contributed by atoms with Crippen molar-refractivity contribution in [3.05, 3.63) is 22.2 Å². The van der Waals surface area contributed by atoms with E-state index in [4.69, 9.17) is 9.47 Å². The molecule has 0 bridgehead atoms. The van der Waals surface area contributed by atoms with Gasteiger partial charge in [-0.15, -0.1) is 0 Å². The van der Waals surface area contributed by atoms with E-state index in [2.05, 4.69) is 21.2 Å². The molecule has 1 atom stereocenters. The van der Waals surface area contributed by atoms with Gasteiger partial charge in [-0.2, -0.15) is 13.2 Å². The molecule has 2 rings (SSSR count). The molecular weight excluding hydrogens is 365 g/mol. The summed E-state index contributed by atoms with van der Waals surface area (Å²) < 4.78 is 51.9. The van der Waals surface area contributed by atoms with Crippen molar-refractivity contribution in [1.29, 1.82) is 0 Å². The van der Waals surface area contributed by atoms with Crippen molar-refractivity contribution in [1.82, 2.24) is 10.2 Å². The first-order valence-electron chi connectivity index (χ1n) is 6.81. The van der Waals surface area contributed by atoms with Crippen molar-refractivity contribution in [3.8, 4) is 11.5 Å². The van der Waals surface area contributed by atoms with Gasteiger partial charge in [-0.05, 0) is 28.1 Å². The fourth-order valence-corrected chi connectivity index (χ4v) is 3.10. The summed E-state index contributed by atoms with van der Waals surface area (Å²) in [6.45, 7) is 1.71. The zero-order valence-corrected chi connectivity index (χ0v) is 13.9. The minimum Gasteiger partial charge on any atom is -0.496 e. The van der Waals surface area contributed by atoms with E-state index in [9.17, 15) is 13.2 Å². The molecule has 1 aromatic carbocycles. The molecule has 0 aromatic heterocycles. The Morgan fingerprint density at radius 1 is 1.14 bits per heavy atom. The number of hydrogen-bond donors (Lipinski definition) is 1. The standard InChI is InChI=1S/C14H18BrF3N2O2/c1-21-11-8-10(15)12(22-2)7-9(11)13(14(16,17)18)20-5-3-19-4-6-20/h7-8,13,19H,3-6H2,1-2H3/t13-/m1/s1. The van der Waals surface area contributed by atoms with Crippen LogP contribution in [0.1, 0.15) is 11.6 Å². The van der Waals surface area contributed by atoms with Crippen LogP contribution in [-0.4, -0.2) is 51.5 Å². The minimum atomic E-state index is -4.40. The Morgan fingerprint density at radius 2 is 1.73 bits per heavy atom. The third kappa shape index (κ3) is 3.67. The molecule has 1 N–H and O–H groups in total. The SMILES string of the molecule is COc1cc([C@@H](N2CCNCC2)C(F)(F)F)c(OC)cc1Br. The maximum atomic E-state index is 13.7. The lowest BCUT2D eigenvalue weighted by Gasteiger charge is -2.36. The molecule has 4 nitrogen and oxygen atoms in total. The number of methoxy groups -OCH3 is 2. The fraction of sp³-hybridized carbons (Fsp3) is 0.571. The van der Waals surface area contributed by atoms with Crippen LogP contribution < -0.4 is 14.8 Å². The second-order valence-electron chi connectivity index (χ2n) is 4.96. The number of alkyl halides is 3. The van der Waals surface area contributed by atoms with Gasteiger partial charge in [0.25, 0.3) is 0 Å². The molecule has 1 saturated heterocycles. The summed E-state index contributed by atoms with van der Waals surface area (Å²) in [5.41, 5.74) is 0.0666. The molecule has 0 saturated carbocycles. The highest BCUT2D eigenvalue weighted by atomic mass is 79.9. The van der Waals surface area contributed by atoms with Gasteiger partial charge < -0.3 is 14.8 Å². The fourth-order valence-electron chi connectivity index (χ4n) is 2.62. The van der Waals surface area contributed by atoms with E-state index in [1.165, 1.54) is 31.3 Å². The number of rotatable bonds is 4. The number of ether oxygens (including phenoxy) is 2. The predicted octanol–water partition coefficient (Wildman–Crippen LogP) is 2.97. The normalized spacial score (nSPS) is 18.1. The van der Waals surface area contributed by atoms with Crippen LogP contribution in [0.15, 0.2) is 16.6 Å². The second kappa shape index (κ2) is 7.06. The van der Waals surface area contributed by atoms with Crippen LogP contribution in [0.5, 0.6) is 11.5 Å². The summed E-state index contributed by atoms with van der Waals surface area (Å²) in [5.74, 6) is 0.536. The molecule has 1 aliphatic rings. The summed E-state index contributed by atoms with van der Waals surface area (Å²) in [7, 11) is 2.78. The Morgan fingerprint density at radius 3 is 2.23 bits per heavy atom. The predicted molar refractivity (Wildman–Crippen MR) is 80.5 cm³/mol. The van der Waals surface area contributed by atoms with Crippen molar-refractivity contribution in [2.45, 2.75) is 12.2 Å². The van der Waals surface area contributed by atoms with Gasteiger partial charge >= 0.3 is 6.18 Å². The molecule has 0 spiro atoms. The van der Waals surface area contributed by atoms with Crippen LogP contribution in [0.25, 0.3) is 0 Å². The van der Waals surface area contributed by atoms with E-state index in [1.807, 2.05) is 0 Å². The van der Waals surface area contributed by atoms with Gasteiger partial charge in [0.1, 0.15) is 17.5 Å². The lowest BCUT2D eigenvalue weighted by Crippen LogP contribution is -2.49. The first-order valence-corrected chi connectivity index (χ1v) is 7.60. The van der Waals surface area contributed by atoms with Crippen molar-refractivity contribution < 1.29 is 22.6 Å². The third-order valence-corrected chi connectivity index (χ3v) is 4.25. The van der Waals surface area contributed by atoms with Gasteiger partial charge in [0.15, 0.2) is 0 Å². The van der Waals surface area contributed by atoms with Crippen molar-refractivity contribution in [3.63, 3.8) is 0 Å². The topological polar surface area (TPSA) is 33.7 Å². The molecule has 1 aromatic rings. The molecule has 1 heterocycles. The number of benzene rings is 1. The highest BCUT2D eigenvalue weighted by molar-refractivity contribution is 9.10. The maximum Gasteiger partial charge on any atom is 0.408 e. The number of piperazine rings is 1. The van der Waals surface area contributed by atoms with Gasteiger partial charge in [-0.1, -0.05) is 0 Å². The zero-order valence-electron chi connectivity index (χ0n) is 12.3. The summed E-state index contributed by atoms with van der Waals surface area (Å²) in [6.07, 6.45) is -4.40. The first-order chi connectivity index (χ1) is 10.4. The van der Waals surface area contributed by atoms with Crippen molar-refractivity contribution in [2.75, 3.05) is 40.4 Å². The Kier molecular flexibility index (Phi) is 5.57. The maximum absolute atomic E-state index is 13.7. The Balaban J connectivity index is 2.50. The minimum absolute atomic E-state index is 0.0666. The second-order valence-corrected chi connectivity index (χ2v) is 5.81. The zero-order chi connectivity index (χ0) is 16.3. The molecule has 124 valence electrons.